The van der Waals surface area contributed by atoms with Gasteiger partial charge in [-0.2, -0.15) is 0 Å². The summed E-state index contributed by atoms with van der Waals surface area (Å²) in [6.45, 7) is 8.56. The summed E-state index contributed by atoms with van der Waals surface area (Å²) in [7, 11) is 0. The zero-order valence-corrected chi connectivity index (χ0v) is 18.1. The second-order valence-corrected chi connectivity index (χ2v) is 9.01. The number of piperazine rings is 1. The average molecular weight is 430 g/mol. The SMILES string of the molecule is CC(C)c1csc(-c2cc3c(N4CCN(C(O)OC5COC5)CC4)ccnc3[nH]2)n1. The van der Waals surface area contributed by atoms with Crippen LogP contribution in [0.1, 0.15) is 25.5 Å². The van der Waals surface area contributed by atoms with Crippen LogP contribution in [0.5, 0.6) is 0 Å². The van der Waals surface area contributed by atoms with Gasteiger partial charge in [0.1, 0.15) is 16.8 Å². The number of anilines is 1. The number of ether oxygens (including phenoxy) is 2. The Morgan fingerprint density at radius 2 is 2.07 bits per heavy atom. The monoisotopic (exact) mass is 429 g/mol. The van der Waals surface area contributed by atoms with Crippen LogP contribution in [-0.4, -0.2) is 76.9 Å². The highest BCUT2D eigenvalue weighted by Gasteiger charge is 2.29. The summed E-state index contributed by atoms with van der Waals surface area (Å²) in [5, 5.41) is 14.5. The molecule has 1 unspecified atom stereocenters. The molecule has 5 rings (SSSR count). The molecule has 9 heteroatoms. The minimum Gasteiger partial charge on any atom is -0.376 e. The van der Waals surface area contributed by atoms with Gasteiger partial charge in [0.15, 0.2) is 0 Å². The molecule has 1 atom stereocenters. The number of hydrogen-bond donors (Lipinski definition) is 2. The highest BCUT2D eigenvalue weighted by molar-refractivity contribution is 7.13. The average Bonchev–Trinajstić information content (AvgIpc) is 3.37. The fourth-order valence-corrected chi connectivity index (χ4v) is 4.77. The maximum absolute atomic E-state index is 10.3. The normalized spacial score (nSPS) is 19.5. The molecule has 0 saturated carbocycles. The Bertz CT molecular complexity index is 1010. The lowest BCUT2D eigenvalue weighted by atomic mass is 10.2. The van der Waals surface area contributed by atoms with Crippen LogP contribution in [0.4, 0.5) is 5.69 Å². The molecule has 0 aromatic carbocycles. The quantitative estimate of drug-likeness (QED) is 0.583. The van der Waals surface area contributed by atoms with Crippen molar-refractivity contribution in [1.29, 1.82) is 0 Å². The van der Waals surface area contributed by atoms with Crippen LogP contribution in [0.2, 0.25) is 0 Å². The number of pyridine rings is 1. The molecule has 3 aromatic heterocycles. The highest BCUT2D eigenvalue weighted by Crippen LogP contribution is 2.33. The molecule has 0 radical (unpaired) electrons. The zero-order valence-electron chi connectivity index (χ0n) is 17.2. The van der Waals surface area contributed by atoms with Crippen molar-refractivity contribution in [1.82, 2.24) is 19.9 Å². The Morgan fingerprint density at radius 1 is 1.27 bits per heavy atom. The largest absolute Gasteiger partial charge is 0.376 e. The van der Waals surface area contributed by atoms with E-state index >= 15 is 0 Å². The van der Waals surface area contributed by atoms with Gasteiger partial charge in [-0.15, -0.1) is 11.3 Å². The molecular formula is C21H27N5O3S. The number of hydrogen-bond acceptors (Lipinski definition) is 8. The Labute approximate surface area is 179 Å². The van der Waals surface area contributed by atoms with Crippen molar-refractivity contribution in [2.45, 2.75) is 32.3 Å². The standard InChI is InChI=1S/C21H27N5O3S/c1-13(2)17-12-30-20(24-17)16-9-15-18(3-4-22-19(15)23-16)25-5-7-26(8-6-25)21(27)29-14-10-28-11-14/h3-4,9,12-14,21,27H,5-8,10-11H2,1-2H3,(H,22,23). The summed E-state index contributed by atoms with van der Waals surface area (Å²) < 4.78 is 10.7. The highest BCUT2D eigenvalue weighted by atomic mass is 32.1. The van der Waals surface area contributed by atoms with E-state index in [4.69, 9.17) is 14.5 Å². The first-order chi connectivity index (χ1) is 14.6. The molecule has 160 valence electrons. The lowest BCUT2D eigenvalue weighted by Crippen LogP contribution is -2.53. The van der Waals surface area contributed by atoms with Crippen molar-refractivity contribution in [3.63, 3.8) is 0 Å². The third kappa shape index (κ3) is 3.83. The predicted molar refractivity (Wildman–Crippen MR) is 117 cm³/mol. The Morgan fingerprint density at radius 3 is 2.73 bits per heavy atom. The van der Waals surface area contributed by atoms with E-state index in [0.29, 0.717) is 19.1 Å². The number of aromatic amines is 1. The van der Waals surface area contributed by atoms with E-state index in [1.54, 1.807) is 11.3 Å². The number of aliphatic hydroxyl groups is 1. The molecule has 0 spiro atoms. The van der Waals surface area contributed by atoms with E-state index in [9.17, 15) is 5.11 Å². The molecule has 3 aromatic rings. The molecule has 30 heavy (non-hydrogen) atoms. The first-order valence-electron chi connectivity index (χ1n) is 10.4. The van der Waals surface area contributed by atoms with Crippen molar-refractivity contribution >= 4 is 28.1 Å². The molecule has 0 amide bonds. The van der Waals surface area contributed by atoms with Crippen LogP contribution in [-0.2, 0) is 9.47 Å². The predicted octanol–water partition coefficient (Wildman–Crippen LogP) is 2.62. The smallest absolute Gasteiger partial charge is 0.216 e. The summed E-state index contributed by atoms with van der Waals surface area (Å²) in [5.74, 6) is 0.417. The number of fused-ring (bicyclic) bond motifs is 1. The molecule has 2 saturated heterocycles. The van der Waals surface area contributed by atoms with E-state index in [2.05, 4.69) is 46.2 Å². The number of nitrogens with one attached hydrogen (secondary N) is 1. The Hall–Kier alpha value is -2.04. The van der Waals surface area contributed by atoms with Crippen LogP contribution >= 0.6 is 11.3 Å². The number of aliphatic hydroxyl groups excluding tert-OH is 1. The van der Waals surface area contributed by atoms with Crippen molar-refractivity contribution in [2.75, 3.05) is 44.3 Å². The minimum atomic E-state index is -0.863. The van der Waals surface area contributed by atoms with Crippen molar-refractivity contribution < 1.29 is 14.6 Å². The van der Waals surface area contributed by atoms with Gasteiger partial charge in [0, 0.05) is 48.8 Å². The van der Waals surface area contributed by atoms with Gasteiger partial charge in [0.2, 0.25) is 6.41 Å². The minimum absolute atomic E-state index is 0.0122. The topological polar surface area (TPSA) is 86.7 Å². The number of thiazole rings is 1. The molecule has 5 heterocycles. The summed E-state index contributed by atoms with van der Waals surface area (Å²) in [5.41, 5.74) is 4.16. The lowest BCUT2D eigenvalue weighted by Gasteiger charge is -2.39. The van der Waals surface area contributed by atoms with Gasteiger partial charge in [0.05, 0.1) is 24.6 Å². The van der Waals surface area contributed by atoms with Crippen molar-refractivity contribution in [3.8, 4) is 10.7 Å². The Balaban J connectivity index is 1.31. The molecule has 2 aliphatic rings. The molecule has 0 bridgehead atoms. The summed E-state index contributed by atoms with van der Waals surface area (Å²) in [4.78, 5) is 17.0. The van der Waals surface area contributed by atoms with Crippen LogP contribution < -0.4 is 4.90 Å². The maximum atomic E-state index is 10.3. The molecule has 2 fully saturated rings. The first kappa shape index (κ1) is 19.9. The van der Waals surface area contributed by atoms with E-state index in [1.165, 1.54) is 0 Å². The fourth-order valence-electron chi connectivity index (χ4n) is 3.81. The fraction of sp³-hybridized carbons (Fsp3) is 0.524. The first-order valence-corrected chi connectivity index (χ1v) is 11.3. The van der Waals surface area contributed by atoms with Crippen LogP contribution in [0, 0.1) is 0 Å². The van der Waals surface area contributed by atoms with E-state index < -0.39 is 6.41 Å². The number of rotatable bonds is 6. The second kappa shape index (κ2) is 8.24. The number of nitrogens with zero attached hydrogens (tertiary/aromatic N) is 4. The summed E-state index contributed by atoms with van der Waals surface area (Å²) >= 11 is 1.66. The maximum Gasteiger partial charge on any atom is 0.216 e. The lowest BCUT2D eigenvalue weighted by molar-refractivity contribution is -0.262. The third-order valence-electron chi connectivity index (χ3n) is 5.74. The number of aromatic nitrogens is 3. The van der Waals surface area contributed by atoms with Crippen molar-refractivity contribution in [3.05, 3.63) is 29.4 Å². The zero-order chi connectivity index (χ0) is 20.7. The molecule has 0 aliphatic carbocycles. The van der Waals surface area contributed by atoms with Gasteiger partial charge in [-0.05, 0) is 18.1 Å². The van der Waals surface area contributed by atoms with Crippen LogP contribution in [0.3, 0.4) is 0 Å². The van der Waals surface area contributed by atoms with Crippen LogP contribution in [0.15, 0.2) is 23.7 Å². The second-order valence-electron chi connectivity index (χ2n) is 8.15. The van der Waals surface area contributed by atoms with E-state index in [1.807, 2.05) is 11.1 Å². The summed E-state index contributed by atoms with van der Waals surface area (Å²) in [6.07, 6.45) is 0.996. The molecule has 8 nitrogen and oxygen atoms in total. The van der Waals surface area contributed by atoms with Gasteiger partial charge in [-0.25, -0.2) is 9.97 Å². The van der Waals surface area contributed by atoms with Crippen molar-refractivity contribution in [2.24, 2.45) is 0 Å². The third-order valence-corrected chi connectivity index (χ3v) is 6.64. The van der Waals surface area contributed by atoms with Gasteiger partial charge >= 0.3 is 0 Å². The van der Waals surface area contributed by atoms with Gasteiger partial charge in [-0.1, -0.05) is 13.8 Å². The molecule has 2 aliphatic heterocycles. The van der Waals surface area contributed by atoms with Gasteiger partial charge < -0.3 is 24.5 Å². The number of H-pyrrole nitrogens is 1. The van der Waals surface area contributed by atoms with E-state index in [0.717, 1.165) is 59.3 Å². The Kier molecular flexibility index (Phi) is 5.46. The van der Waals surface area contributed by atoms with Crippen LogP contribution in [0.25, 0.3) is 21.7 Å². The van der Waals surface area contributed by atoms with Gasteiger partial charge in [-0.3, -0.25) is 4.90 Å². The van der Waals surface area contributed by atoms with Gasteiger partial charge in [0.25, 0.3) is 0 Å². The van der Waals surface area contributed by atoms with E-state index in [-0.39, 0.29) is 6.10 Å². The summed E-state index contributed by atoms with van der Waals surface area (Å²) in [6, 6.07) is 4.22. The molecule has 2 N–H and O–H groups in total. The molecular weight excluding hydrogens is 402 g/mol.